The lowest BCUT2D eigenvalue weighted by molar-refractivity contribution is 0.0953. The molecule has 1 N–H and O–H groups in total. The van der Waals surface area contributed by atoms with Gasteiger partial charge in [0.2, 0.25) is 0 Å². The van der Waals surface area contributed by atoms with Crippen LogP contribution in [-0.4, -0.2) is 18.3 Å². The minimum absolute atomic E-state index is 0.0589. The number of hydrogen-bond donors (Lipinski definition) is 1. The molecular formula is C10H11BrClNO. The highest BCUT2D eigenvalue weighted by Crippen LogP contribution is 2.11. The molecule has 4 heteroatoms. The van der Waals surface area contributed by atoms with Crippen LogP contribution in [0.25, 0.3) is 0 Å². The summed E-state index contributed by atoms with van der Waals surface area (Å²) in [6.07, 6.45) is 0.793. The van der Waals surface area contributed by atoms with Crippen LogP contribution in [0.15, 0.2) is 28.7 Å². The molecule has 0 unspecified atom stereocenters. The Hall–Kier alpha value is -0.540. The van der Waals surface area contributed by atoms with Crippen molar-refractivity contribution in [3.05, 3.63) is 34.3 Å². The Morgan fingerprint density at radius 2 is 2.29 bits per heavy atom. The van der Waals surface area contributed by atoms with Gasteiger partial charge in [-0.1, -0.05) is 22.0 Å². The molecule has 14 heavy (non-hydrogen) atoms. The van der Waals surface area contributed by atoms with Gasteiger partial charge in [-0.05, 0) is 24.6 Å². The molecule has 1 amide bonds. The Morgan fingerprint density at radius 1 is 1.50 bits per heavy atom. The highest BCUT2D eigenvalue weighted by molar-refractivity contribution is 9.10. The molecule has 1 rings (SSSR count). The smallest absolute Gasteiger partial charge is 0.251 e. The van der Waals surface area contributed by atoms with Crippen LogP contribution in [0.1, 0.15) is 16.8 Å². The zero-order valence-electron chi connectivity index (χ0n) is 7.59. The predicted octanol–water partition coefficient (Wildman–Crippen LogP) is 2.81. The highest BCUT2D eigenvalue weighted by Gasteiger charge is 2.03. The molecule has 0 atom stereocenters. The van der Waals surface area contributed by atoms with Crippen molar-refractivity contribution in [3.63, 3.8) is 0 Å². The zero-order valence-corrected chi connectivity index (χ0v) is 9.94. The Kier molecular flexibility index (Phi) is 4.98. The van der Waals surface area contributed by atoms with E-state index in [1.807, 2.05) is 12.1 Å². The van der Waals surface area contributed by atoms with Crippen LogP contribution < -0.4 is 5.32 Å². The van der Waals surface area contributed by atoms with Crippen molar-refractivity contribution in [3.8, 4) is 0 Å². The van der Waals surface area contributed by atoms with Crippen molar-refractivity contribution in [2.75, 3.05) is 12.4 Å². The fraction of sp³-hybridized carbons (Fsp3) is 0.300. The number of carbonyl (C=O) groups is 1. The van der Waals surface area contributed by atoms with Crippen LogP contribution in [0.2, 0.25) is 0 Å². The molecule has 0 aliphatic heterocycles. The third-order valence-electron chi connectivity index (χ3n) is 1.68. The third-order valence-corrected chi connectivity index (χ3v) is 2.44. The summed E-state index contributed by atoms with van der Waals surface area (Å²) in [5.74, 6) is 0.509. The first-order chi connectivity index (χ1) is 6.74. The second-order valence-corrected chi connectivity index (χ2v) is 4.10. The van der Waals surface area contributed by atoms with E-state index in [0.29, 0.717) is 18.0 Å². The normalized spacial score (nSPS) is 9.86. The van der Waals surface area contributed by atoms with Gasteiger partial charge in [0, 0.05) is 22.5 Å². The molecule has 0 aliphatic rings. The number of carbonyl (C=O) groups excluding carboxylic acids is 1. The summed E-state index contributed by atoms with van der Waals surface area (Å²) in [5, 5.41) is 2.78. The molecule has 0 heterocycles. The molecule has 2 nitrogen and oxygen atoms in total. The van der Waals surface area contributed by atoms with Gasteiger partial charge in [-0.2, -0.15) is 0 Å². The van der Waals surface area contributed by atoms with Gasteiger partial charge in [-0.3, -0.25) is 4.79 Å². The monoisotopic (exact) mass is 275 g/mol. The van der Waals surface area contributed by atoms with Crippen molar-refractivity contribution in [1.82, 2.24) is 5.32 Å². The SMILES string of the molecule is O=C(NCCCCl)c1cccc(Br)c1. The molecule has 0 bridgehead atoms. The van der Waals surface area contributed by atoms with Crippen LogP contribution in [0, 0.1) is 0 Å². The summed E-state index contributed by atoms with van der Waals surface area (Å²) in [5.41, 5.74) is 0.661. The van der Waals surface area contributed by atoms with E-state index in [1.165, 1.54) is 0 Å². The molecule has 0 radical (unpaired) electrons. The van der Waals surface area contributed by atoms with Gasteiger partial charge in [-0.25, -0.2) is 0 Å². The second-order valence-electron chi connectivity index (χ2n) is 2.81. The van der Waals surface area contributed by atoms with E-state index in [4.69, 9.17) is 11.6 Å². The lowest BCUT2D eigenvalue weighted by atomic mass is 10.2. The van der Waals surface area contributed by atoms with E-state index < -0.39 is 0 Å². The summed E-state index contributed by atoms with van der Waals surface area (Å²) in [4.78, 5) is 11.5. The summed E-state index contributed by atoms with van der Waals surface area (Å²) >= 11 is 8.81. The summed E-state index contributed by atoms with van der Waals surface area (Å²) in [6.45, 7) is 0.620. The second kappa shape index (κ2) is 6.04. The number of benzene rings is 1. The standard InChI is InChI=1S/C10H11BrClNO/c11-9-4-1-3-8(7-9)10(14)13-6-2-5-12/h1,3-4,7H,2,5-6H2,(H,13,14). The Labute approximate surface area is 96.8 Å². The molecule has 0 aliphatic carbocycles. The van der Waals surface area contributed by atoms with E-state index in [9.17, 15) is 4.79 Å². The van der Waals surface area contributed by atoms with Gasteiger partial charge < -0.3 is 5.32 Å². The molecule has 0 spiro atoms. The first-order valence-electron chi connectivity index (χ1n) is 4.34. The summed E-state index contributed by atoms with van der Waals surface area (Å²) < 4.78 is 0.905. The van der Waals surface area contributed by atoms with Gasteiger partial charge in [0.25, 0.3) is 5.91 Å². The fourth-order valence-electron chi connectivity index (χ4n) is 1.00. The number of nitrogens with one attached hydrogen (secondary N) is 1. The van der Waals surface area contributed by atoms with Gasteiger partial charge in [-0.15, -0.1) is 11.6 Å². The van der Waals surface area contributed by atoms with Gasteiger partial charge >= 0.3 is 0 Å². The van der Waals surface area contributed by atoms with Crippen molar-refractivity contribution >= 4 is 33.4 Å². The molecule has 1 aromatic rings. The third kappa shape index (κ3) is 3.68. The number of hydrogen-bond acceptors (Lipinski definition) is 1. The van der Waals surface area contributed by atoms with E-state index in [-0.39, 0.29) is 5.91 Å². The van der Waals surface area contributed by atoms with Crippen LogP contribution >= 0.6 is 27.5 Å². The number of alkyl halides is 1. The number of halogens is 2. The lowest BCUT2D eigenvalue weighted by Crippen LogP contribution is -2.24. The Balaban J connectivity index is 2.52. The van der Waals surface area contributed by atoms with Crippen LogP contribution in [0.5, 0.6) is 0 Å². The number of rotatable bonds is 4. The largest absolute Gasteiger partial charge is 0.352 e. The molecule has 0 saturated heterocycles. The molecule has 0 fully saturated rings. The topological polar surface area (TPSA) is 29.1 Å². The van der Waals surface area contributed by atoms with E-state index >= 15 is 0 Å². The van der Waals surface area contributed by atoms with Crippen molar-refractivity contribution in [1.29, 1.82) is 0 Å². The van der Waals surface area contributed by atoms with Crippen LogP contribution in [0.4, 0.5) is 0 Å². The number of amides is 1. The molecule has 0 aromatic heterocycles. The van der Waals surface area contributed by atoms with Crippen molar-refractivity contribution < 1.29 is 4.79 Å². The predicted molar refractivity (Wildman–Crippen MR) is 61.8 cm³/mol. The van der Waals surface area contributed by atoms with Crippen LogP contribution in [0.3, 0.4) is 0 Å². The van der Waals surface area contributed by atoms with Crippen molar-refractivity contribution in [2.45, 2.75) is 6.42 Å². The van der Waals surface area contributed by atoms with Gasteiger partial charge in [0.15, 0.2) is 0 Å². The minimum atomic E-state index is -0.0589. The maximum Gasteiger partial charge on any atom is 0.251 e. The summed E-state index contributed by atoms with van der Waals surface area (Å²) in [6, 6.07) is 7.28. The first-order valence-corrected chi connectivity index (χ1v) is 5.66. The Bertz CT molecular complexity index is 317. The van der Waals surface area contributed by atoms with Crippen LogP contribution in [-0.2, 0) is 0 Å². The fourth-order valence-corrected chi connectivity index (χ4v) is 1.53. The molecule has 0 saturated carbocycles. The highest BCUT2D eigenvalue weighted by atomic mass is 79.9. The lowest BCUT2D eigenvalue weighted by Gasteiger charge is -2.03. The maximum absolute atomic E-state index is 11.5. The average molecular weight is 277 g/mol. The zero-order chi connectivity index (χ0) is 10.4. The Morgan fingerprint density at radius 3 is 2.93 bits per heavy atom. The molecule has 76 valence electrons. The van der Waals surface area contributed by atoms with Gasteiger partial charge in [0.05, 0.1) is 0 Å². The maximum atomic E-state index is 11.5. The molecule has 1 aromatic carbocycles. The van der Waals surface area contributed by atoms with E-state index in [0.717, 1.165) is 10.9 Å². The molecular weight excluding hydrogens is 265 g/mol. The minimum Gasteiger partial charge on any atom is -0.352 e. The first kappa shape index (κ1) is 11.5. The average Bonchev–Trinajstić information content (AvgIpc) is 2.18. The van der Waals surface area contributed by atoms with E-state index in [2.05, 4.69) is 21.2 Å². The van der Waals surface area contributed by atoms with Gasteiger partial charge in [0.1, 0.15) is 0 Å². The van der Waals surface area contributed by atoms with Crippen molar-refractivity contribution in [2.24, 2.45) is 0 Å². The summed E-state index contributed by atoms with van der Waals surface area (Å²) in [7, 11) is 0. The van der Waals surface area contributed by atoms with E-state index in [1.54, 1.807) is 12.1 Å². The quantitative estimate of drug-likeness (QED) is 0.665.